The number of methoxy groups -OCH3 is 2. The van der Waals surface area contributed by atoms with Crippen LogP contribution in [-0.2, 0) is 11.3 Å². The Hall–Kier alpha value is -3.06. The first kappa shape index (κ1) is 19.7. The number of rotatable bonds is 9. The van der Waals surface area contributed by atoms with Crippen molar-refractivity contribution < 1.29 is 14.3 Å². The molecule has 0 unspecified atom stereocenters. The van der Waals surface area contributed by atoms with Gasteiger partial charge in [-0.1, -0.05) is 0 Å². The van der Waals surface area contributed by atoms with Gasteiger partial charge in [0, 0.05) is 37.7 Å². The van der Waals surface area contributed by atoms with Gasteiger partial charge in [0.15, 0.2) is 0 Å². The van der Waals surface area contributed by atoms with E-state index in [1.165, 1.54) is 0 Å². The van der Waals surface area contributed by atoms with Crippen molar-refractivity contribution in [1.29, 1.82) is 0 Å². The lowest BCUT2D eigenvalue weighted by atomic mass is 10.2. The topological polar surface area (TPSA) is 77.4 Å². The predicted octanol–water partition coefficient (Wildman–Crippen LogP) is 3.77. The minimum Gasteiger partial charge on any atom is -0.497 e. The zero-order valence-corrected chi connectivity index (χ0v) is 16.5. The number of pyridine rings is 1. The van der Waals surface area contributed by atoms with E-state index in [0.717, 1.165) is 35.4 Å². The first-order chi connectivity index (χ1) is 13.7. The van der Waals surface area contributed by atoms with E-state index in [1.54, 1.807) is 20.4 Å². The van der Waals surface area contributed by atoms with Crippen LogP contribution in [0.1, 0.15) is 23.8 Å². The average Bonchev–Trinajstić information content (AvgIpc) is 3.10. The third kappa shape index (κ3) is 4.43. The quantitative estimate of drug-likeness (QED) is 0.551. The van der Waals surface area contributed by atoms with Crippen molar-refractivity contribution in [3.8, 4) is 5.75 Å². The van der Waals surface area contributed by atoms with Crippen LogP contribution in [0.4, 0.5) is 11.5 Å². The molecule has 7 nitrogen and oxygen atoms in total. The highest BCUT2D eigenvalue weighted by atomic mass is 16.5. The number of hydrogen-bond acceptors (Lipinski definition) is 5. The highest BCUT2D eigenvalue weighted by Crippen LogP contribution is 2.25. The number of carbonyl (C=O) groups excluding carboxylic acids is 1. The van der Waals surface area contributed by atoms with E-state index in [9.17, 15) is 4.79 Å². The van der Waals surface area contributed by atoms with Crippen LogP contribution in [0.25, 0.3) is 10.9 Å². The number of aryl methyl sites for hydroxylation is 1. The van der Waals surface area contributed by atoms with Gasteiger partial charge in [0.05, 0.1) is 19.0 Å². The number of ether oxygens (including phenoxy) is 2. The Morgan fingerprint density at radius 3 is 2.71 bits per heavy atom. The second-order valence-corrected chi connectivity index (χ2v) is 6.36. The Morgan fingerprint density at radius 2 is 2.04 bits per heavy atom. The highest BCUT2D eigenvalue weighted by Gasteiger charge is 2.15. The lowest BCUT2D eigenvalue weighted by Crippen LogP contribution is -2.16. The normalized spacial score (nSPS) is 10.8. The minimum atomic E-state index is -0.167. The van der Waals surface area contributed by atoms with E-state index in [1.807, 2.05) is 47.9 Å². The van der Waals surface area contributed by atoms with Crippen LogP contribution in [0.5, 0.6) is 5.75 Å². The number of benzene rings is 1. The number of fused-ring (bicyclic) bond motifs is 1. The largest absolute Gasteiger partial charge is 0.497 e. The van der Waals surface area contributed by atoms with Gasteiger partial charge in [-0.05, 0) is 49.7 Å². The SMILES string of the molecule is CCn1c(C(=O)Nc2ccc(NCCCOC)nc2)cc2cc(OC)ccc21. The van der Waals surface area contributed by atoms with Crippen LogP contribution in [0, 0.1) is 0 Å². The fraction of sp³-hybridized carbons (Fsp3) is 0.333. The Kier molecular flexibility index (Phi) is 6.49. The molecule has 3 aromatic rings. The molecule has 0 radical (unpaired) electrons. The molecule has 1 aromatic carbocycles. The molecule has 28 heavy (non-hydrogen) atoms. The van der Waals surface area contributed by atoms with Crippen LogP contribution in [0.3, 0.4) is 0 Å². The average molecular weight is 382 g/mol. The van der Waals surface area contributed by atoms with E-state index in [2.05, 4.69) is 15.6 Å². The molecule has 2 aromatic heterocycles. The lowest BCUT2D eigenvalue weighted by Gasteiger charge is -2.10. The van der Waals surface area contributed by atoms with Gasteiger partial charge in [-0.3, -0.25) is 4.79 Å². The third-order valence-corrected chi connectivity index (χ3v) is 4.51. The van der Waals surface area contributed by atoms with Crippen LogP contribution in [-0.4, -0.2) is 42.8 Å². The molecule has 0 aliphatic heterocycles. The van der Waals surface area contributed by atoms with Gasteiger partial charge in [-0.15, -0.1) is 0 Å². The molecule has 0 spiro atoms. The van der Waals surface area contributed by atoms with Crippen molar-refractivity contribution in [2.75, 3.05) is 38.0 Å². The summed E-state index contributed by atoms with van der Waals surface area (Å²) in [5, 5.41) is 7.12. The summed E-state index contributed by atoms with van der Waals surface area (Å²) < 4.78 is 12.3. The van der Waals surface area contributed by atoms with Crippen LogP contribution < -0.4 is 15.4 Å². The van der Waals surface area contributed by atoms with E-state index in [4.69, 9.17) is 9.47 Å². The fourth-order valence-corrected chi connectivity index (χ4v) is 3.11. The summed E-state index contributed by atoms with van der Waals surface area (Å²) in [7, 11) is 3.32. The molecule has 2 heterocycles. The first-order valence-electron chi connectivity index (χ1n) is 9.33. The molecule has 0 bridgehead atoms. The molecule has 0 saturated carbocycles. The summed E-state index contributed by atoms with van der Waals surface area (Å²) in [5.41, 5.74) is 2.26. The van der Waals surface area contributed by atoms with Crippen molar-refractivity contribution in [3.63, 3.8) is 0 Å². The lowest BCUT2D eigenvalue weighted by molar-refractivity contribution is 0.101. The summed E-state index contributed by atoms with van der Waals surface area (Å²) in [6.45, 7) is 4.21. The van der Waals surface area contributed by atoms with Crippen molar-refractivity contribution >= 4 is 28.3 Å². The van der Waals surface area contributed by atoms with E-state index in [0.29, 0.717) is 24.5 Å². The maximum Gasteiger partial charge on any atom is 0.272 e. The maximum absolute atomic E-state index is 12.8. The zero-order chi connectivity index (χ0) is 19.9. The molecule has 2 N–H and O–H groups in total. The Balaban J connectivity index is 1.72. The summed E-state index contributed by atoms with van der Waals surface area (Å²) in [5.74, 6) is 1.37. The molecule has 0 saturated heterocycles. The van der Waals surface area contributed by atoms with E-state index < -0.39 is 0 Å². The second kappa shape index (κ2) is 9.23. The number of hydrogen-bond donors (Lipinski definition) is 2. The van der Waals surface area contributed by atoms with Gasteiger partial charge in [0.25, 0.3) is 5.91 Å². The highest BCUT2D eigenvalue weighted by molar-refractivity contribution is 6.06. The second-order valence-electron chi connectivity index (χ2n) is 6.36. The Morgan fingerprint density at radius 1 is 1.18 bits per heavy atom. The molecule has 148 valence electrons. The molecule has 1 amide bonds. The number of nitrogens with zero attached hydrogens (tertiary/aromatic N) is 2. The van der Waals surface area contributed by atoms with Crippen LogP contribution in [0.2, 0.25) is 0 Å². The minimum absolute atomic E-state index is 0.167. The molecule has 0 atom stereocenters. The van der Waals surface area contributed by atoms with Gasteiger partial charge >= 0.3 is 0 Å². The Bertz CT molecular complexity index is 935. The molecule has 0 aliphatic rings. The number of carbonyl (C=O) groups is 1. The number of amides is 1. The van der Waals surface area contributed by atoms with Gasteiger partial charge in [-0.2, -0.15) is 0 Å². The van der Waals surface area contributed by atoms with Crippen LogP contribution >= 0.6 is 0 Å². The van der Waals surface area contributed by atoms with Crippen molar-refractivity contribution in [2.45, 2.75) is 19.9 Å². The van der Waals surface area contributed by atoms with Crippen molar-refractivity contribution in [2.24, 2.45) is 0 Å². The molecular weight excluding hydrogens is 356 g/mol. The third-order valence-electron chi connectivity index (χ3n) is 4.51. The van der Waals surface area contributed by atoms with E-state index >= 15 is 0 Å². The monoisotopic (exact) mass is 382 g/mol. The summed E-state index contributed by atoms with van der Waals surface area (Å²) in [4.78, 5) is 17.2. The van der Waals surface area contributed by atoms with Gasteiger partial charge in [0.1, 0.15) is 17.3 Å². The molecule has 3 rings (SSSR count). The summed E-state index contributed by atoms with van der Waals surface area (Å²) in [6.07, 6.45) is 2.56. The summed E-state index contributed by atoms with van der Waals surface area (Å²) >= 11 is 0. The molecular formula is C21H26N4O3. The fourth-order valence-electron chi connectivity index (χ4n) is 3.11. The van der Waals surface area contributed by atoms with Crippen molar-refractivity contribution in [3.05, 3.63) is 48.3 Å². The van der Waals surface area contributed by atoms with Crippen molar-refractivity contribution in [1.82, 2.24) is 9.55 Å². The summed E-state index contributed by atoms with van der Waals surface area (Å²) in [6, 6.07) is 11.4. The molecule has 0 aliphatic carbocycles. The predicted molar refractivity (Wildman–Crippen MR) is 111 cm³/mol. The Labute approximate surface area is 164 Å². The first-order valence-corrected chi connectivity index (χ1v) is 9.33. The van der Waals surface area contributed by atoms with Crippen LogP contribution in [0.15, 0.2) is 42.6 Å². The molecule has 0 fully saturated rings. The number of aromatic nitrogens is 2. The zero-order valence-electron chi connectivity index (χ0n) is 16.5. The number of nitrogens with one attached hydrogen (secondary N) is 2. The maximum atomic E-state index is 12.8. The number of anilines is 2. The van der Waals surface area contributed by atoms with Gasteiger partial charge in [-0.25, -0.2) is 4.98 Å². The molecule has 7 heteroatoms. The van der Waals surface area contributed by atoms with Gasteiger partial charge in [0.2, 0.25) is 0 Å². The van der Waals surface area contributed by atoms with E-state index in [-0.39, 0.29) is 5.91 Å². The smallest absolute Gasteiger partial charge is 0.272 e. The van der Waals surface area contributed by atoms with Gasteiger partial charge < -0.3 is 24.7 Å². The standard InChI is InChI=1S/C21H26N4O3/c1-4-25-18-8-7-17(28-3)12-15(18)13-19(25)21(26)24-16-6-9-20(23-14-16)22-10-5-11-27-2/h6-9,12-14H,4-5,10-11H2,1-3H3,(H,22,23)(H,24,26).